The third kappa shape index (κ3) is 3.31. The van der Waals surface area contributed by atoms with Gasteiger partial charge in [-0.05, 0) is 6.42 Å². The van der Waals surface area contributed by atoms with Gasteiger partial charge in [0.05, 0.1) is 18.2 Å². The Morgan fingerprint density at radius 1 is 1.47 bits per heavy atom. The summed E-state index contributed by atoms with van der Waals surface area (Å²) >= 11 is 5.82. The summed E-state index contributed by atoms with van der Waals surface area (Å²) < 4.78 is 0. The summed E-state index contributed by atoms with van der Waals surface area (Å²) in [6, 6.07) is 0. The molecule has 1 aromatic rings. The van der Waals surface area contributed by atoms with Crippen LogP contribution in [-0.4, -0.2) is 45.1 Å². The van der Waals surface area contributed by atoms with E-state index >= 15 is 0 Å². The molecule has 0 saturated carbocycles. The van der Waals surface area contributed by atoms with E-state index in [4.69, 9.17) is 16.7 Å². The standard InChI is InChI=1S/C11H13ClN4O3/c12-9-8(13-2-3-14-9)5-15-10(17)7-1-4-16(6-7)11(18)19/h2-3,7H,1,4-6H2,(H,15,17)(H,18,19). The Morgan fingerprint density at radius 2 is 2.21 bits per heavy atom. The van der Waals surface area contributed by atoms with Gasteiger partial charge in [0, 0.05) is 25.5 Å². The van der Waals surface area contributed by atoms with Gasteiger partial charge in [-0.2, -0.15) is 0 Å². The Kier molecular flexibility index (Phi) is 4.16. The largest absolute Gasteiger partial charge is 0.465 e. The van der Waals surface area contributed by atoms with Gasteiger partial charge in [0.15, 0.2) is 5.15 Å². The summed E-state index contributed by atoms with van der Waals surface area (Å²) in [7, 11) is 0. The molecule has 102 valence electrons. The van der Waals surface area contributed by atoms with Gasteiger partial charge in [-0.1, -0.05) is 11.6 Å². The highest BCUT2D eigenvalue weighted by molar-refractivity contribution is 6.29. The third-order valence-electron chi connectivity index (χ3n) is 2.98. The predicted molar refractivity (Wildman–Crippen MR) is 66.6 cm³/mol. The highest BCUT2D eigenvalue weighted by Crippen LogP contribution is 2.16. The molecule has 0 aliphatic carbocycles. The molecule has 1 aliphatic heterocycles. The Hall–Kier alpha value is -1.89. The van der Waals surface area contributed by atoms with Crippen LogP contribution in [0.1, 0.15) is 12.1 Å². The Balaban J connectivity index is 1.86. The lowest BCUT2D eigenvalue weighted by molar-refractivity contribution is -0.124. The quantitative estimate of drug-likeness (QED) is 0.854. The number of nitrogens with one attached hydrogen (secondary N) is 1. The van der Waals surface area contributed by atoms with Crippen molar-refractivity contribution in [3.05, 3.63) is 23.2 Å². The van der Waals surface area contributed by atoms with E-state index in [0.29, 0.717) is 18.7 Å². The van der Waals surface area contributed by atoms with Crippen molar-refractivity contribution in [2.24, 2.45) is 5.92 Å². The molecule has 1 unspecified atom stereocenters. The van der Waals surface area contributed by atoms with E-state index in [-0.39, 0.29) is 30.1 Å². The fraction of sp³-hybridized carbons (Fsp3) is 0.455. The van der Waals surface area contributed by atoms with Crippen molar-refractivity contribution in [3.63, 3.8) is 0 Å². The summed E-state index contributed by atoms with van der Waals surface area (Å²) in [6.45, 7) is 0.809. The maximum atomic E-state index is 11.9. The second-order valence-corrected chi connectivity index (χ2v) is 4.58. The van der Waals surface area contributed by atoms with Gasteiger partial charge in [-0.25, -0.2) is 9.78 Å². The van der Waals surface area contributed by atoms with Crippen molar-refractivity contribution < 1.29 is 14.7 Å². The Morgan fingerprint density at radius 3 is 2.84 bits per heavy atom. The van der Waals surface area contributed by atoms with Crippen molar-refractivity contribution in [2.75, 3.05) is 13.1 Å². The lowest BCUT2D eigenvalue weighted by Crippen LogP contribution is -2.34. The number of halogens is 1. The smallest absolute Gasteiger partial charge is 0.407 e. The maximum Gasteiger partial charge on any atom is 0.407 e. The average molecular weight is 285 g/mol. The molecule has 7 nitrogen and oxygen atoms in total. The van der Waals surface area contributed by atoms with Crippen LogP contribution in [0.2, 0.25) is 5.15 Å². The fourth-order valence-electron chi connectivity index (χ4n) is 1.93. The van der Waals surface area contributed by atoms with Gasteiger partial charge in [-0.3, -0.25) is 9.78 Å². The predicted octanol–water partition coefficient (Wildman–Crippen LogP) is 0.746. The lowest BCUT2D eigenvalue weighted by Gasteiger charge is -2.12. The number of hydrogen-bond acceptors (Lipinski definition) is 4. The molecule has 2 N–H and O–H groups in total. The molecule has 2 rings (SSSR count). The number of amides is 2. The molecule has 1 fully saturated rings. The van der Waals surface area contributed by atoms with Crippen LogP contribution in [0, 0.1) is 5.92 Å². The first-order chi connectivity index (χ1) is 9.08. The first-order valence-corrected chi connectivity index (χ1v) is 6.16. The number of hydrogen-bond donors (Lipinski definition) is 2. The first kappa shape index (κ1) is 13.5. The molecule has 0 radical (unpaired) electrons. The molecule has 0 spiro atoms. The molecule has 2 heterocycles. The molecule has 1 atom stereocenters. The van der Waals surface area contributed by atoms with Crippen molar-refractivity contribution in [1.29, 1.82) is 0 Å². The van der Waals surface area contributed by atoms with Crippen LogP contribution in [0.15, 0.2) is 12.4 Å². The molecule has 0 bridgehead atoms. The van der Waals surface area contributed by atoms with Gasteiger partial charge in [-0.15, -0.1) is 0 Å². The van der Waals surface area contributed by atoms with Gasteiger partial charge < -0.3 is 15.3 Å². The third-order valence-corrected chi connectivity index (χ3v) is 3.30. The van der Waals surface area contributed by atoms with Crippen LogP contribution >= 0.6 is 11.6 Å². The van der Waals surface area contributed by atoms with Crippen LogP contribution in [0.4, 0.5) is 4.79 Å². The Bertz CT molecular complexity index is 497. The van der Waals surface area contributed by atoms with Gasteiger partial charge in [0.2, 0.25) is 5.91 Å². The molecule has 2 amide bonds. The molecule has 8 heteroatoms. The van der Waals surface area contributed by atoms with Crippen LogP contribution < -0.4 is 5.32 Å². The molecule has 1 aromatic heterocycles. The molecule has 1 saturated heterocycles. The average Bonchev–Trinajstić information content (AvgIpc) is 2.87. The van der Waals surface area contributed by atoms with Gasteiger partial charge in [0.25, 0.3) is 0 Å². The Labute approximate surface area is 114 Å². The van der Waals surface area contributed by atoms with Crippen LogP contribution in [-0.2, 0) is 11.3 Å². The minimum absolute atomic E-state index is 0.189. The van der Waals surface area contributed by atoms with E-state index in [1.807, 2.05) is 0 Å². The lowest BCUT2D eigenvalue weighted by atomic mass is 10.1. The van der Waals surface area contributed by atoms with E-state index in [1.165, 1.54) is 17.3 Å². The minimum atomic E-state index is -0.993. The molecule has 19 heavy (non-hydrogen) atoms. The summed E-state index contributed by atoms with van der Waals surface area (Å²) in [5.74, 6) is -0.503. The van der Waals surface area contributed by atoms with Gasteiger partial charge >= 0.3 is 6.09 Å². The van der Waals surface area contributed by atoms with Crippen molar-refractivity contribution in [2.45, 2.75) is 13.0 Å². The minimum Gasteiger partial charge on any atom is -0.465 e. The second-order valence-electron chi connectivity index (χ2n) is 4.23. The van der Waals surface area contributed by atoms with Crippen molar-refractivity contribution in [1.82, 2.24) is 20.2 Å². The SMILES string of the molecule is O=C(NCc1nccnc1Cl)C1CCN(C(=O)O)C1. The van der Waals surface area contributed by atoms with E-state index in [2.05, 4.69) is 15.3 Å². The normalized spacial score (nSPS) is 18.4. The van der Waals surface area contributed by atoms with E-state index in [0.717, 1.165) is 0 Å². The monoisotopic (exact) mass is 284 g/mol. The summed E-state index contributed by atoms with van der Waals surface area (Å²) in [6.07, 6.45) is 2.50. The summed E-state index contributed by atoms with van der Waals surface area (Å²) in [5.41, 5.74) is 0.491. The van der Waals surface area contributed by atoms with Crippen molar-refractivity contribution in [3.8, 4) is 0 Å². The van der Waals surface area contributed by atoms with E-state index in [1.54, 1.807) is 0 Å². The molecular formula is C11H13ClN4O3. The zero-order valence-electron chi connectivity index (χ0n) is 10.0. The van der Waals surface area contributed by atoms with Crippen LogP contribution in [0.3, 0.4) is 0 Å². The van der Waals surface area contributed by atoms with E-state index < -0.39 is 6.09 Å². The van der Waals surface area contributed by atoms with Crippen LogP contribution in [0.5, 0.6) is 0 Å². The zero-order valence-corrected chi connectivity index (χ0v) is 10.8. The molecule has 1 aliphatic rings. The second kappa shape index (κ2) is 5.83. The summed E-state index contributed by atoms with van der Waals surface area (Å²) in [4.78, 5) is 31.7. The fourth-order valence-corrected chi connectivity index (χ4v) is 2.10. The number of rotatable bonds is 3. The van der Waals surface area contributed by atoms with Gasteiger partial charge in [0.1, 0.15) is 0 Å². The molecular weight excluding hydrogens is 272 g/mol. The number of carbonyl (C=O) groups excluding carboxylic acids is 1. The topological polar surface area (TPSA) is 95.4 Å². The first-order valence-electron chi connectivity index (χ1n) is 5.79. The highest BCUT2D eigenvalue weighted by atomic mass is 35.5. The van der Waals surface area contributed by atoms with Crippen LogP contribution in [0.25, 0.3) is 0 Å². The number of carbonyl (C=O) groups is 2. The summed E-state index contributed by atoms with van der Waals surface area (Å²) in [5, 5.41) is 11.8. The van der Waals surface area contributed by atoms with E-state index in [9.17, 15) is 9.59 Å². The van der Waals surface area contributed by atoms with Crippen molar-refractivity contribution >= 4 is 23.6 Å². The zero-order chi connectivity index (χ0) is 13.8. The maximum absolute atomic E-state index is 11.9. The highest BCUT2D eigenvalue weighted by Gasteiger charge is 2.30. The number of carboxylic acid groups (broad SMARTS) is 1. The number of nitrogens with zero attached hydrogens (tertiary/aromatic N) is 3. The molecule has 0 aromatic carbocycles. The number of aromatic nitrogens is 2. The number of likely N-dealkylation sites (tertiary alicyclic amines) is 1.